The number of carboxylic acid groups (broad SMARTS) is 1. The largest absolute Gasteiger partial charge is 1.00 e. The Morgan fingerprint density at radius 2 is 1.97 bits per heavy atom. The first-order valence-corrected chi connectivity index (χ1v) is 10.5. The summed E-state index contributed by atoms with van der Waals surface area (Å²) in [5, 5.41) is 13.9. The van der Waals surface area contributed by atoms with Gasteiger partial charge in [0.05, 0.1) is 12.5 Å². The summed E-state index contributed by atoms with van der Waals surface area (Å²) in [6, 6.07) is 4.93. The van der Waals surface area contributed by atoms with Crippen LogP contribution < -0.4 is 44.9 Å². The smallest absolute Gasteiger partial charge is 1.00 e. The zero-order valence-electron chi connectivity index (χ0n) is 19.5. The summed E-state index contributed by atoms with van der Waals surface area (Å²) < 4.78 is 41.4. The van der Waals surface area contributed by atoms with E-state index >= 15 is 0 Å². The Morgan fingerprint density at radius 1 is 1.26 bits per heavy atom. The van der Waals surface area contributed by atoms with Gasteiger partial charge in [0.15, 0.2) is 11.8 Å². The van der Waals surface area contributed by atoms with E-state index in [9.17, 15) is 37.5 Å². The summed E-state index contributed by atoms with van der Waals surface area (Å²) in [5.41, 5.74) is 0.393. The number of carbonyl (C=O) groups excluding carboxylic acids is 3. The van der Waals surface area contributed by atoms with Gasteiger partial charge in [-0.2, -0.15) is 0 Å². The van der Waals surface area contributed by atoms with Crippen molar-refractivity contribution >= 4 is 35.0 Å². The number of alkyl halides is 3. The molecule has 35 heavy (non-hydrogen) atoms. The molecule has 0 spiro atoms. The zero-order valence-corrected chi connectivity index (χ0v) is 21.3. The Kier molecular flexibility index (Phi) is 9.49. The molecular weight excluding hydrogens is 502 g/mol. The fraction of sp³-hybridized carbons (Fsp3) is 0.238. The topological polar surface area (TPSA) is 125 Å². The van der Waals surface area contributed by atoms with Gasteiger partial charge in [-0.05, 0) is 29.8 Å². The molecule has 0 aliphatic carbocycles. The first kappa shape index (κ1) is 28.4. The van der Waals surface area contributed by atoms with Crippen molar-refractivity contribution in [2.24, 2.45) is 0 Å². The van der Waals surface area contributed by atoms with Gasteiger partial charge in [-0.15, -0.1) is 24.5 Å². The molecule has 0 bridgehead atoms. The second-order valence-corrected chi connectivity index (χ2v) is 8.26. The molecule has 3 amide bonds. The van der Waals surface area contributed by atoms with Crippen molar-refractivity contribution in [1.29, 1.82) is 0 Å². The van der Waals surface area contributed by atoms with Gasteiger partial charge in [-0.1, -0.05) is 12.1 Å². The standard InChI is InChI=1S/C21H18F3N3O6S.Na.H/c1-27-8-7-14(28)18(19(27)31)26-20(32)25-13(10-17(29)30)16-6-5-15(34-16)11-3-2-4-12(9-11)33-21(22,23)24;;/h2-9,13,18H,10H2,1H3,(H,29,30)(H2,25,26,32);;/q;+1;-1. The molecule has 1 aromatic carbocycles. The second-order valence-electron chi connectivity index (χ2n) is 7.15. The van der Waals surface area contributed by atoms with E-state index in [4.69, 9.17) is 0 Å². The van der Waals surface area contributed by atoms with E-state index in [1.54, 1.807) is 12.1 Å². The number of nitrogens with zero attached hydrogens (tertiary/aromatic N) is 1. The predicted octanol–water partition coefficient (Wildman–Crippen LogP) is 0.169. The third kappa shape index (κ3) is 7.82. The van der Waals surface area contributed by atoms with Gasteiger partial charge in [0.2, 0.25) is 0 Å². The number of nitrogens with one attached hydrogen (secondary N) is 2. The van der Waals surface area contributed by atoms with Crippen LogP contribution in [0.15, 0.2) is 48.7 Å². The van der Waals surface area contributed by atoms with E-state index in [-0.39, 0.29) is 31.0 Å². The van der Waals surface area contributed by atoms with Crippen LogP contribution in [0.4, 0.5) is 18.0 Å². The quantitative estimate of drug-likeness (QED) is 0.353. The number of hydrogen-bond donors (Lipinski definition) is 3. The van der Waals surface area contributed by atoms with E-state index in [0.29, 0.717) is 15.3 Å². The minimum Gasteiger partial charge on any atom is -1.00 e. The number of rotatable bonds is 7. The van der Waals surface area contributed by atoms with Gasteiger partial charge >= 0.3 is 47.9 Å². The number of likely N-dealkylation sites (N-methyl/N-ethyl adjacent to an activating group) is 1. The Labute approximate surface area is 224 Å². The molecule has 2 atom stereocenters. The molecule has 2 unspecified atom stereocenters. The number of hydrogen-bond acceptors (Lipinski definition) is 6. The Bertz CT molecular complexity index is 1160. The number of urea groups is 1. The van der Waals surface area contributed by atoms with Crippen LogP contribution in [0.1, 0.15) is 18.8 Å². The van der Waals surface area contributed by atoms with E-state index in [2.05, 4.69) is 15.4 Å². The fourth-order valence-corrected chi connectivity index (χ4v) is 4.14. The molecule has 3 N–H and O–H groups in total. The summed E-state index contributed by atoms with van der Waals surface area (Å²) in [6.45, 7) is 0. The molecule has 14 heteroatoms. The minimum absolute atomic E-state index is 0. The third-order valence-corrected chi connectivity index (χ3v) is 5.87. The van der Waals surface area contributed by atoms with Crippen LogP contribution in [-0.4, -0.2) is 53.1 Å². The van der Waals surface area contributed by atoms with E-state index in [0.717, 1.165) is 28.4 Å². The molecule has 0 fully saturated rings. The first-order chi connectivity index (χ1) is 15.9. The van der Waals surface area contributed by atoms with Gasteiger partial charge in [0.1, 0.15) is 5.75 Å². The summed E-state index contributed by atoms with van der Waals surface area (Å²) in [7, 11) is 1.41. The molecule has 0 radical (unpaired) electrons. The maximum absolute atomic E-state index is 12.5. The molecule has 9 nitrogen and oxygen atoms in total. The zero-order chi connectivity index (χ0) is 25.0. The van der Waals surface area contributed by atoms with Crippen LogP contribution in [-0.2, 0) is 14.4 Å². The van der Waals surface area contributed by atoms with Gasteiger partial charge in [0.25, 0.3) is 5.91 Å². The number of benzene rings is 1. The van der Waals surface area contributed by atoms with Crippen LogP contribution in [0, 0.1) is 0 Å². The van der Waals surface area contributed by atoms with Crippen molar-refractivity contribution in [1.82, 2.24) is 15.5 Å². The van der Waals surface area contributed by atoms with Crippen LogP contribution in [0.2, 0.25) is 0 Å². The number of thiophene rings is 1. The van der Waals surface area contributed by atoms with Crippen LogP contribution >= 0.6 is 11.3 Å². The molecule has 3 rings (SSSR count). The van der Waals surface area contributed by atoms with Gasteiger partial charge in [-0.25, -0.2) is 4.79 Å². The first-order valence-electron chi connectivity index (χ1n) is 9.66. The van der Waals surface area contributed by atoms with E-state index in [1.807, 2.05) is 0 Å². The summed E-state index contributed by atoms with van der Waals surface area (Å²) >= 11 is 1.06. The molecule has 2 aromatic rings. The van der Waals surface area contributed by atoms with Crippen molar-refractivity contribution in [2.75, 3.05) is 7.05 Å². The van der Waals surface area contributed by atoms with Crippen molar-refractivity contribution in [3.8, 4) is 16.2 Å². The monoisotopic (exact) mass is 521 g/mol. The number of carbonyl (C=O) groups is 4. The minimum atomic E-state index is -4.85. The maximum atomic E-state index is 12.5. The molecule has 1 aliphatic rings. The molecule has 1 aromatic heterocycles. The Hall–Kier alpha value is -2.87. The summed E-state index contributed by atoms with van der Waals surface area (Å²) in [4.78, 5) is 49.9. The summed E-state index contributed by atoms with van der Waals surface area (Å²) in [5.74, 6) is -2.93. The molecular formula is C21H19F3N3NaO6S. The summed E-state index contributed by atoms with van der Waals surface area (Å²) in [6.07, 6.45) is -2.98. The van der Waals surface area contributed by atoms with Crippen molar-refractivity contribution in [3.63, 3.8) is 0 Å². The second kappa shape index (κ2) is 11.7. The Morgan fingerprint density at radius 3 is 2.63 bits per heavy atom. The SMILES string of the molecule is CN1C=CC(=O)C(NC(=O)NC(CC(=O)O)c2ccc(-c3cccc(OC(F)(F)F)c3)s2)C1=O.[H-].[Na+]. The molecule has 0 saturated carbocycles. The van der Waals surface area contributed by atoms with Crippen LogP contribution in [0.25, 0.3) is 10.4 Å². The van der Waals surface area contributed by atoms with Gasteiger partial charge < -0.3 is 26.8 Å². The third-order valence-electron chi connectivity index (χ3n) is 4.62. The number of ether oxygens (including phenoxy) is 1. The average Bonchev–Trinajstić information content (AvgIpc) is 3.22. The molecule has 2 heterocycles. The van der Waals surface area contributed by atoms with Crippen molar-refractivity contribution in [3.05, 3.63) is 53.6 Å². The maximum Gasteiger partial charge on any atom is 1.00 e. The van der Waals surface area contributed by atoms with Crippen LogP contribution in [0.5, 0.6) is 5.75 Å². The van der Waals surface area contributed by atoms with Crippen molar-refractivity contribution in [2.45, 2.75) is 24.9 Å². The van der Waals surface area contributed by atoms with Gasteiger partial charge in [0, 0.05) is 29.1 Å². The normalized spacial score (nSPS) is 16.3. The number of aliphatic carboxylic acids is 1. The number of amides is 3. The number of halogens is 3. The van der Waals surface area contributed by atoms with E-state index in [1.165, 1.54) is 31.4 Å². The van der Waals surface area contributed by atoms with Crippen molar-refractivity contribution < 1.29 is 73.2 Å². The van der Waals surface area contributed by atoms with E-state index < -0.39 is 54.3 Å². The average molecular weight is 521 g/mol. The number of ketones is 1. The Balaban J connectivity index is 0.00000324. The molecule has 182 valence electrons. The van der Waals surface area contributed by atoms with Gasteiger partial charge in [-0.3, -0.25) is 14.4 Å². The van der Waals surface area contributed by atoms with Crippen LogP contribution in [0.3, 0.4) is 0 Å². The fourth-order valence-electron chi connectivity index (χ4n) is 3.08. The number of carboxylic acids is 1. The molecule has 0 saturated heterocycles. The molecule has 1 aliphatic heterocycles. The predicted molar refractivity (Wildman–Crippen MR) is 115 cm³/mol.